The van der Waals surface area contributed by atoms with Crippen molar-refractivity contribution < 1.29 is 58.9 Å². The normalized spacial score (nSPS) is 10.6. The maximum absolute atomic E-state index is 2.51. The predicted octanol–water partition coefficient (Wildman–Crippen LogP) is -2.29. The molecule has 0 nitrogen and oxygen atoms in total. The number of halogens is 3. The number of rotatable bonds is 10. The molecule has 0 aliphatic carbocycles. The number of benzene rings is 3. The zero-order valence-electron chi connectivity index (χ0n) is 24.9. The van der Waals surface area contributed by atoms with Crippen LogP contribution < -0.4 is 58.0 Å². The molecule has 0 atom stereocenters. The summed E-state index contributed by atoms with van der Waals surface area (Å²) in [4.78, 5) is 0. The van der Waals surface area contributed by atoms with Gasteiger partial charge in [0, 0.05) is 0 Å². The molecule has 0 fully saturated rings. The van der Waals surface area contributed by atoms with Crippen molar-refractivity contribution in [2.75, 3.05) is 0 Å². The van der Waals surface area contributed by atoms with Gasteiger partial charge in [-0.05, 0) is 36.8 Å². The van der Waals surface area contributed by atoms with E-state index in [9.17, 15) is 0 Å². The van der Waals surface area contributed by atoms with Crippen LogP contribution in [-0.2, 0) is 34.6 Å². The quantitative estimate of drug-likeness (QED) is 0.104. The monoisotopic (exact) mass is 644 g/mol. The maximum Gasteiger partial charge on any atom is 4.00 e. The zero-order valence-corrected chi connectivity index (χ0v) is 29.7. The van der Waals surface area contributed by atoms with Gasteiger partial charge >= 0.3 is 21.7 Å². The minimum absolute atomic E-state index is 0. The third-order valence-corrected chi connectivity index (χ3v) is 13.5. The number of hydrogen-bond acceptors (Lipinski definition) is 0. The largest absolute Gasteiger partial charge is 4.00 e. The van der Waals surface area contributed by atoms with Gasteiger partial charge in [0.15, 0.2) is 0 Å². The van der Waals surface area contributed by atoms with E-state index in [1.807, 2.05) is 0 Å². The van der Waals surface area contributed by atoms with Crippen LogP contribution in [0, 0.1) is 27.7 Å². The van der Waals surface area contributed by atoms with Crippen LogP contribution in [-0.4, -0.2) is 8.07 Å². The molecule has 0 spiro atoms. The Balaban J connectivity index is 0.00000380. The van der Waals surface area contributed by atoms with E-state index in [0.717, 1.165) is 12.8 Å². The third-order valence-electron chi connectivity index (χ3n) is 8.43. The average molecular weight is 646 g/mol. The van der Waals surface area contributed by atoms with Crippen molar-refractivity contribution in [3.63, 3.8) is 0 Å². The van der Waals surface area contributed by atoms with Crippen LogP contribution in [0.25, 0.3) is 0 Å². The van der Waals surface area contributed by atoms with E-state index >= 15 is 0 Å². The second-order valence-corrected chi connectivity index (χ2v) is 14.3. The maximum atomic E-state index is 2.46. The molecule has 4 aromatic rings. The van der Waals surface area contributed by atoms with Crippen LogP contribution in [0.15, 0.2) is 78.9 Å². The van der Waals surface area contributed by atoms with Crippen molar-refractivity contribution >= 4 is 28.8 Å². The molecule has 0 amide bonds. The molecule has 0 aliphatic heterocycles. The SMILES string of the molecule is CCCCc1ccc([Si](c2ccccc2)(c2ccc(CCCC)cc2)[c-]2c(C)c(C)c(C)c2C)cc1.[Cl-].[Cl-].[Cl-].[Ti+4]. The van der Waals surface area contributed by atoms with Gasteiger partial charge in [-0.25, -0.2) is 0 Å². The van der Waals surface area contributed by atoms with Gasteiger partial charge in [0.25, 0.3) is 0 Å². The number of aryl methyl sites for hydroxylation is 2. The second-order valence-electron chi connectivity index (χ2n) is 10.6. The Morgan fingerprint density at radius 1 is 0.525 bits per heavy atom. The molecule has 0 aliphatic rings. The molecule has 0 unspecified atom stereocenters. The summed E-state index contributed by atoms with van der Waals surface area (Å²) in [6, 6.07) is 30.9. The van der Waals surface area contributed by atoms with Crippen LogP contribution >= 0.6 is 0 Å². The Labute approximate surface area is 278 Å². The van der Waals surface area contributed by atoms with Crippen molar-refractivity contribution in [3.05, 3.63) is 112 Å². The molecule has 0 heterocycles. The summed E-state index contributed by atoms with van der Waals surface area (Å²) >= 11 is 0. The van der Waals surface area contributed by atoms with Gasteiger partial charge in [-0.1, -0.05) is 149 Å². The zero-order chi connectivity index (χ0) is 25.7. The molecule has 5 heteroatoms. The van der Waals surface area contributed by atoms with Gasteiger partial charge in [0.1, 0.15) is 8.07 Å². The van der Waals surface area contributed by atoms with Gasteiger partial charge in [0.2, 0.25) is 0 Å². The first-order valence-electron chi connectivity index (χ1n) is 13.9. The van der Waals surface area contributed by atoms with E-state index in [1.165, 1.54) is 74.6 Å². The molecule has 0 N–H and O–H groups in total. The van der Waals surface area contributed by atoms with E-state index in [1.54, 1.807) is 5.19 Å². The minimum atomic E-state index is -2.51. The molecule has 0 saturated carbocycles. The second kappa shape index (κ2) is 17.7. The van der Waals surface area contributed by atoms with Gasteiger partial charge in [-0.3, -0.25) is 0 Å². The first kappa shape index (κ1) is 38.8. The Kier molecular flexibility index (Phi) is 17.2. The van der Waals surface area contributed by atoms with E-state index in [2.05, 4.69) is 120 Å². The van der Waals surface area contributed by atoms with Crippen molar-refractivity contribution in [3.8, 4) is 0 Å². The summed E-state index contributed by atoms with van der Waals surface area (Å²) in [5.74, 6) is 0. The van der Waals surface area contributed by atoms with Gasteiger partial charge < -0.3 is 37.2 Å². The predicted molar refractivity (Wildman–Crippen MR) is 162 cm³/mol. The number of hydrogen-bond donors (Lipinski definition) is 0. The summed E-state index contributed by atoms with van der Waals surface area (Å²) < 4.78 is 0. The van der Waals surface area contributed by atoms with Crippen molar-refractivity contribution in [1.29, 1.82) is 0 Å². The van der Waals surface area contributed by atoms with Gasteiger partial charge in [-0.2, -0.15) is 22.3 Å². The standard InChI is InChI=1S/C35H43Si.3ClH.Ti/c1-7-9-14-30-18-22-33(23-19-30)36(32-16-12-11-13-17-32,35-28(5)26(3)27(4)29(35)6)34-24-20-31(21-25-34)15-10-8-2;;;;/h11-13,16-25H,7-10,14-15H2,1-6H3;3*1H;/q-1;;;;+4/p-3. The molecular weight excluding hydrogens is 603 g/mol. The van der Waals surface area contributed by atoms with E-state index in [0.29, 0.717) is 0 Å². The summed E-state index contributed by atoms with van der Waals surface area (Å²) in [7, 11) is -2.51. The van der Waals surface area contributed by atoms with Crippen LogP contribution in [0.5, 0.6) is 0 Å². The fraction of sp³-hybridized carbons (Fsp3) is 0.343. The van der Waals surface area contributed by atoms with Crippen molar-refractivity contribution in [2.45, 2.75) is 80.1 Å². The van der Waals surface area contributed by atoms with Gasteiger partial charge in [-0.15, -0.1) is 5.19 Å². The molecule has 0 radical (unpaired) electrons. The molecule has 0 aromatic heterocycles. The average Bonchev–Trinajstić information content (AvgIpc) is 3.11. The molecule has 212 valence electrons. The van der Waals surface area contributed by atoms with E-state index < -0.39 is 8.07 Å². The Morgan fingerprint density at radius 3 is 1.23 bits per heavy atom. The smallest absolute Gasteiger partial charge is 1.00 e. The van der Waals surface area contributed by atoms with Crippen LogP contribution in [0.1, 0.15) is 72.9 Å². The topological polar surface area (TPSA) is 0 Å². The van der Waals surface area contributed by atoms with Crippen LogP contribution in [0.2, 0.25) is 0 Å². The Hall–Kier alpha value is -1.19. The van der Waals surface area contributed by atoms with Crippen molar-refractivity contribution in [1.82, 2.24) is 0 Å². The molecule has 0 saturated heterocycles. The molecule has 4 rings (SSSR count). The molecule has 0 bridgehead atoms. The van der Waals surface area contributed by atoms with Crippen molar-refractivity contribution in [2.24, 2.45) is 0 Å². The first-order chi connectivity index (χ1) is 17.4. The molecule has 4 aromatic carbocycles. The minimum Gasteiger partial charge on any atom is -1.00 e. The Morgan fingerprint density at radius 2 is 0.875 bits per heavy atom. The van der Waals surface area contributed by atoms with Gasteiger partial charge in [0.05, 0.1) is 0 Å². The number of unbranched alkanes of at least 4 members (excludes halogenated alkanes) is 2. The molecular formula is C35H43Cl3SiTi. The van der Waals surface area contributed by atoms with E-state index in [4.69, 9.17) is 0 Å². The first-order valence-corrected chi connectivity index (χ1v) is 15.9. The summed E-state index contributed by atoms with van der Waals surface area (Å²) in [5.41, 5.74) is 8.77. The Bertz CT molecular complexity index is 1200. The van der Waals surface area contributed by atoms with Crippen LogP contribution in [0.3, 0.4) is 0 Å². The fourth-order valence-corrected chi connectivity index (χ4v) is 11.4. The van der Waals surface area contributed by atoms with Crippen LogP contribution in [0.4, 0.5) is 0 Å². The fourth-order valence-electron chi connectivity index (χ4n) is 6.01. The molecule has 40 heavy (non-hydrogen) atoms. The van der Waals surface area contributed by atoms with E-state index in [-0.39, 0.29) is 58.9 Å². The summed E-state index contributed by atoms with van der Waals surface area (Å²) in [6.45, 7) is 13.9. The summed E-state index contributed by atoms with van der Waals surface area (Å²) in [5, 5.41) is 6.05. The summed E-state index contributed by atoms with van der Waals surface area (Å²) in [6.07, 6.45) is 7.29. The third kappa shape index (κ3) is 7.60.